The van der Waals surface area contributed by atoms with E-state index in [1.807, 2.05) is 48.8 Å². The number of benzene rings is 1. The topological polar surface area (TPSA) is 43.6 Å². The van der Waals surface area contributed by atoms with Crippen LogP contribution in [-0.4, -0.2) is 19.5 Å². The fourth-order valence-corrected chi connectivity index (χ4v) is 2.78. The maximum atomic E-state index is 6.02. The predicted molar refractivity (Wildman–Crippen MR) is 90.9 cm³/mol. The van der Waals surface area contributed by atoms with Crippen LogP contribution in [0.5, 0.6) is 0 Å². The lowest BCUT2D eigenvalue weighted by Crippen LogP contribution is -2.02. The van der Waals surface area contributed by atoms with Crippen molar-refractivity contribution >= 4 is 22.6 Å². The molecular weight excluding hydrogens is 308 g/mol. The SMILES string of the molecule is Clc1ccc(-n2c(Cc3cccnc3)nc3ccncc32)cc1. The zero-order chi connectivity index (χ0) is 15.6. The first-order valence-electron chi connectivity index (χ1n) is 7.27. The first kappa shape index (κ1) is 13.9. The van der Waals surface area contributed by atoms with Crippen LogP contribution < -0.4 is 0 Å². The van der Waals surface area contributed by atoms with Gasteiger partial charge in [-0.05, 0) is 42.0 Å². The number of pyridine rings is 2. The number of fused-ring (bicyclic) bond motifs is 1. The number of aromatic nitrogens is 4. The molecule has 0 aliphatic rings. The standard InChI is InChI=1S/C18H13ClN4/c19-14-3-5-15(6-4-14)23-17-12-21-9-7-16(17)22-18(23)10-13-2-1-8-20-11-13/h1-9,11-12H,10H2. The minimum atomic E-state index is 0.700. The number of halogens is 1. The minimum absolute atomic E-state index is 0.700. The monoisotopic (exact) mass is 320 g/mol. The first-order chi connectivity index (χ1) is 11.3. The number of hydrogen-bond donors (Lipinski definition) is 0. The van der Waals surface area contributed by atoms with Crippen LogP contribution in [0, 0.1) is 0 Å². The quantitative estimate of drug-likeness (QED) is 0.571. The molecule has 0 amide bonds. The minimum Gasteiger partial charge on any atom is -0.294 e. The smallest absolute Gasteiger partial charge is 0.119 e. The average molecular weight is 321 g/mol. The summed E-state index contributed by atoms with van der Waals surface area (Å²) in [5.74, 6) is 0.948. The highest BCUT2D eigenvalue weighted by Gasteiger charge is 2.13. The van der Waals surface area contributed by atoms with E-state index in [9.17, 15) is 0 Å². The van der Waals surface area contributed by atoms with Crippen LogP contribution in [-0.2, 0) is 6.42 Å². The third-order valence-corrected chi connectivity index (χ3v) is 3.95. The maximum absolute atomic E-state index is 6.02. The molecule has 4 aromatic rings. The van der Waals surface area contributed by atoms with Crippen molar-refractivity contribution in [2.45, 2.75) is 6.42 Å². The summed E-state index contributed by atoms with van der Waals surface area (Å²) in [4.78, 5) is 13.2. The van der Waals surface area contributed by atoms with E-state index >= 15 is 0 Å². The molecule has 0 aliphatic heterocycles. The molecule has 4 rings (SSSR count). The van der Waals surface area contributed by atoms with Crippen molar-refractivity contribution in [3.8, 4) is 5.69 Å². The summed E-state index contributed by atoms with van der Waals surface area (Å²) in [6, 6.07) is 13.7. The number of imidazole rings is 1. The molecule has 0 N–H and O–H groups in total. The van der Waals surface area contributed by atoms with Gasteiger partial charge in [0.25, 0.3) is 0 Å². The van der Waals surface area contributed by atoms with Crippen LogP contribution in [0.15, 0.2) is 67.3 Å². The van der Waals surface area contributed by atoms with Crippen molar-refractivity contribution in [1.29, 1.82) is 0 Å². The van der Waals surface area contributed by atoms with Crippen molar-refractivity contribution in [2.24, 2.45) is 0 Å². The Bertz CT molecular complexity index is 946. The molecule has 3 heterocycles. The summed E-state index contributed by atoms with van der Waals surface area (Å²) >= 11 is 6.02. The van der Waals surface area contributed by atoms with Gasteiger partial charge in [-0.15, -0.1) is 0 Å². The summed E-state index contributed by atoms with van der Waals surface area (Å²) in [6.07, 6.45) is 7.93. The Kier molecular flexibility index (Phi) is 3.52. The van der Waals surface area contributed by atoms with Crippen LogP contribution in [0.3, 0.4) is 0 Å². The van der Waals surface area contributed by atoms with Crippen LogP contribution in [0.2, 0.25) is 5.02 Å². The van der Waals surface area contributed by atoms with Crippen LogP contribution >= 0.6 is 11.6 Å². The van der Waals surface area contributed by atoms with E-state index in [2.05, 4.69) is 20.6 Å². The molecule has 0 spiro atoms. The Morgan fingerprint density at radius 3 is 2.52 bits per heavy atom. The maximum Gasteiger partial charge on any atom is 0.119 e. The van der Waals surface area contributed by atoms with Crippen molar-refractivity contribution in [2.75, 3.05) is 0 Å². The fraction of sp³-hybridized carbons (Fsp3) is 0.0556. The van der Waals surface area contributed by atoms with Gasteiger partial charge in [-0.25, -0.2) is 4.98 Å². The Morgan fingerprint density at radius 1 is 0.913 bits per heavy atom. The van der Waals surface area contributed by atoms with Gasteiger partial charge in [0.2, 0.25) is 0 Å². The Morgan fingerprint density at radius 2 is 1.74 bits per heavy atom. The van der Waals surface area contributed by atoms with E-state index in [0.29, 0.717) is 11.4 Å². The summed E-state index contributed by atoms with van der Waals surface area (Å²) in [6.45, 7) is 0. The van der Waals surface area contributed by atoms with Gasteiger partial charge >= 0.3 is 0 Å². The molecule has 0 unspecified atom stereocenters. The Balaban J connectivity index is 1.89. The molecule has 0 atom stereocenters. The summed E-state index contributed by atoms with van der Waals surface area (Å²) in [5.41, 5.74) is 4.04. The second-order valence-corrected chi connectivity index (χ2v) is 5.68. The van der Waals surface area contributed by atoms with Crippen LogP contribution in [0.4, 0.5) is 0 Å². The average Bonchev–Trinajstić information content (AvgIpc) is 2.94. The van der Waals surface area contributed by atoms with Gasteiger partial charge in [0.05, 0.1) is 17.2 Å². The summed E-state index contributed by atoms with van der Waals surface area (Å²) in [7, 11) is 0. The number of nitrogens with zero attached hydrogens (tertiary/aromatic N) is 4. The molecule has 23 heavy (non-hydrogen) atoms. The lowest BCUT2D eigenvalue weighted by molar-refractivity contribution is 0.927. The highest BCUT2D eigenvalue weighted by molar-refractivity contribution is 6.30. The van der Waals surface area contributed by atoms with Crippen molar-refractivity contribution in [1.82, 2.24) is 19.5 Å². The lowest BCUT2D eigenvalue weighted by Gasteiger charge is -2.09. The molecule has 0 fully saturated rings. The zero-order valence-electron chi connectivity index (χ0n) is 12.2. The third kappa shape index (κ3) is 2.69. The number of hydrogen-bond acceptors (Lipinski definition) is 3. The summed E-state index contributed by atoms with van der Waals surface area (Å²) < 4.78 is 2.12. The van der Waals surface area contributed by atoms with E-state index in [4.69, 9.17) is 16.6 Å². The molecule has 0 saturated carbocycles. The van der Waals surface area contributed by atoms with Crippen LogP contribution in [0.25, 0.3) is 16.7 Å². The zero-order valence-corrected chi connectivity index (χ0v) is 13.0. The molecule has 0 saturated heterocycles. The molecule has 0 bridgehead atoms. The lowest BCUT2D eigenvalue weighted by atomic mass is 10.2. The molecule has 0 radical (unpaired) electrons. The highest BCUT2D eigenvalue weighted by Crippen LogP contribution is 2.23. The van der Waals surface area contributed by atoms with E-state index in [1.54, 1.807) is 12.4 Å². The van der Waals surface area contributed by atoms with E-state index in [1.165, 1.54) is 0 Å². The van der Waals surface area contributed by atoms with Gasteiger partial charge in [0.1, 0.15) is 5.82 Å². The molecule has 5 heteroatoms. The van der Waals surface area contributed by atoms with E-state index in [0.717, 1.165) is 28.1 Å². The molecule has 4 nitrogen and oxygen atoms in total. The molecule has 0 aliphatic carbocycles. The second kappa shape index (κ2) is 5.82. The Labute approximate surface area is 138 Å². The van der Waals surface area contributed by atoms with Crippen LogP contribution in [0.1, 0.15) is 11.4 Å². The largest absolute Gasteiger partial charge is 0.294 e. The molecular formula is C18H13ClN4. The second-order valence-electron chi connectivity index (χ2n) is 5.24. The third-order valence-electron chi connectivity index (χ3n) is 3.70. The molecule has 1 aromatic carbocycles. The molecule has 112 valence electrons. The van der Waals surface area contributed by atoms with E-state index < -0.39 is 0 Å². The van der Waals surface area contributed by atoms with Gasteiger partial charge in [-0.1, -0.05) is 17.7 Å². The van der Waals surface area contributed by atoms with Gasteiger partial charge in [0, 0.05) is 35.7 Å². The number of rotatable bonds is 3. The Hall–Kier alpha value is -2.72. The van der Waals surface area contributed by atoms with E-state index in [-0.39, 0.29) is 0 Å². The summed E-state index contributed by atoms with van der Waals surface area (Å²) in [5, 5.41) is 0.713. The predicted octanol–water partition coefficient (Wildman–Crippen LogP) is 4.06. The van der Waals surface area contributed by atoms with Gasteiger partial charge in [-0.2, -0.15) is 0 Å². The first-order valence-corrected chi connectivity index (χ1v) is 7.65. The van der Waals surface area contributed by atoms with Crippen molar-refractivity contribution in [3.63, 3.8) is 0 Å². The van der Waals surface area contributed by atoms with Gasteiger partial charge < -0.3 is 0 Å². The highest BCUT2D eigenvalue weighted by atomic mass is 35.5. The van der Waals surface area contributed by atoms with Gasteiger partial charge in [0.15, 0.2) is 0 Å². The molecule has 3 aromatic heterocycles. The van der Waals surface area contributed by atoms with Crippen molar-refractivity contribution < 1.29 is 0 Å². The van der Waals surface area contributed by atoms with Gasteiger partial charge in [-0.3, -0.25) is 14.5 Å². The van der Waals surface area contributed by atoms with Crippen molar-refractivity contribution in [3.05, 3.63) is 83.7 Å². The fourth-order valence-electron chi connectivity index (χ4n) is 2.66. The normalized spacial score (nSPS) is 11.0.